The van der Waals surface area contributed by atoms with Crippen molar-refractivity contribution < 1.29 is 13.5 Å². The third-order valence-corrected chi connectivity index (χ3v) is 3.42. The first kappa shape index (κ1) is 16.0. The quantitative estimate of drug-likeness (QED) is 0.814. The molecule has 2 rings (SSSR count). The Morgan fingerprint density at radius 3 is 2.43 bits per heavy atom. The van der Waals surface area contributed by atoms with Gasteiger partial charge in [0.2, 0.25) is 0 Å². The summed E-state index contributed by atoms with van der Waals surface area (Å²) in [6, 6.07) is 11.9. The Kier molecular flexibility index (Phi) is 5.79. The zero-order valence-electron chi connectivity index (χ0n) is 11.0. The van der Waals surface area contributed by atoms with Gasteiger partial charge in [-0.05, 0) is 23.8 Å². The van der Waals surface area contributed by atoms with Crippen molar-refractivity contribution in [2.75, 3.05) is 0 Å². The van der Waals surface area contributed by atoms with Crippen LogP contribution in [0.2, 0.25) is 10.0 Å². The Bertz CT molecular complexity index is 608. The summed E-state index contributed by atoms with van der Waals surface area (Å²) in [5.41, 5.74) is 1.54. The van der Waals surface area contributed by atoms with Gasteiger partial charge in [0, 0.05) is 28.7 Å². The molecule has 0 atom stereocenters. The first-order valence-corrected chi connectivity index (χ1v) is 6.99. The summed E-state index contributed by atoms with van der Waals surface area (Å²) in [5, 5.41) is 4.27. The van der Waals surface area contributed by atoms with Crippen molar-refractivity contribution in [1.29, 1.82) is 0 Å². The van der Waals surface area contributed by atoms with Crippen LogP contribution >= 0.6 is 23.2 Å². The molecule has 0 heterocycles. The zero-order valence-corrected chi connectivity index (χ0v) is 12.5. The fraction of sp³-hybridized carbons (Fsp3) is 0.200. The Hall–Kier alpha value is -1.36. The molecule has 0 aromatic heterocycles. The molecule has 2 aromatic rings. The molecule has 21 heavy (non-hydrogen) atoms. The van der Waals surface area contributed by atoms with Gasteiger partial charge in [-0.3, -0.25) is 0 Å². The van der Waals surface area contributed by atoms with E-state index < -0.39 is 6.61 Å². The van der Waals surface area contributed by atoms with E-state index in [1.165, 1.54) is 6.07 Å². The van der Waals surface area contributed by atoms with Crippen molar-refractivity contribution in [2.45, 2.75) is 19.7 Å². The summed E-state index contributed by atoms with van der Waals surface area (Å²) in [6.07, 6.45) is 0. The van der Waals surface area contributed by atoms with Gasteiger partial charge < -0.3 is 10.1 Å². The number of halogens is 4. The zero-order chi connectivity index (χ0) is 15.2. The van der Waals surface area contributed by atoms with Crippen LogP contribution in [-0.4, -0.2) is 6.61 Å². The smallest absolute Gasteiger partial charge is 0.387 e. The minimum absolute atomic E-state index is 0.169. The summed E-state index contributed by atoms with van der Waals surface area (Å²) < 4.78 is 29.1. The van der Waals surface area contributed by atoms with Crippen LogP contribution < -0.4 is 10.1 Å². The number of alkyl halides is 2. The molecule has 0 saturated carbocycles. The van der Waals surface area contributed by atoms with E-state index in [1.54, 1.807) is 30.3 Å². The van der Waals surface area contributed by atoms with Gasteiger partial charge >= 0.3 is 6.61 Å². The molecule has 112 valence electrons. The topological polar surface area (TPSA) is 21.3 Å². The molecule has 0 aliphatic rings. The van der Waals surface area contributed by atoms with Gasteiger partial charge in [-0.1, -0.05) is 47.5 Å². The van der Waals surface area contributed by atoms with Crippen molar-refractivity contribution in [3.63, 3.8) is 0 Å². The molecule has 0 saturated heterocycles. The average molecular weight is 332 g/mol. The lowest BCUT2D eigenvalue weighted by Gasteiger charge is -2.12. The van der Waals surface area contributed by atoms with Crippen molar-refractivity contribution in [3.05, 3.63) is 63.6 Å². The molecule has 0 aliphatic carbocycles. The molecule has 0 radical (unpaired) electrons. The predicted octanol–water partition coefficient (Wildman–Crippen LogP) is 4.88. The summed E-state index contributed by atoms with van der Waals surface area (Å²) in [4.78, 5) is 0. The van der Waals surface area contributed by atoms with E-state index in [0.717, 1.165) is 5.56 Å². The second-order valence-corrected chi connectivity index (χ2v) is 5.17. The molecular weight excluding hydrogens is 319 g/mol. The van der Waals surface area contributed by atoms with Crippen LogP contribution in [0.1, 0.15) is 11.1 Å². The van der Waals surface area contributed by atoms with Gasteiger partial charge in [0.1, 0.15) is 5.75 Å². The highest BCUT2D eigenvalue weighted by Gasteiger charge is 2.09. The third kappa shape index (κ3) is 4.84. The first-order valence-electron chi connectivity index (χ1n) is 6.23. The van der Waals surface area contributed by atoms with Gasteiger partial charge in [-0.15, -0.1) is 0 Å². The highest BCUT2D eigenvalue weighted by molar-refractivity contribution is 6.35. The van der Waals surface area contributed by atoms with Crippen LogP contribution in [-0.2, 0) is 13.1 Å². The van der Waals surface area contributed by atoms with E-state index >= 15 is 0 Å². The highest BCUT2D eigenvalue weighted by Crippen LogP contribution is 2.22. The van der Waals surface area contributed by atoms with E-state index in [4.69, 9.17) is 23.2 Å². The van der Waals surface area contributed by atoms with Gasteiger partial charge in [-0.25, -0.2) is 0 Å². The Morgan fingerprint density at radius 1 is 1.00 bits per heavy atom. The standard InChI is InChI=1S/C15H13Cl2F2NO/c16-12-6-5-10(13(17)7-12)8-20-9-11-3-1-2-4-14(11)21-15(18)19/h1-7,15,20H,8-9H2. The van der Waals surface area contributed by atoms with Gasteiger partial charge in [0.15, 0.2) is 0 Å². The lowest BCUT2D eigenvalue weighted by molar-refractivity contribution is -0.0505. The number of benzene rings is 2. The number of ether oxygens (including phenoxy) is 1. The fourth-order valence-corrected chi connectivity index (χ4v) is 2.33. The van der Waals surface area contributed by atoms with Gasteiger partial charge in [-0.2, -0.15) is 8.78 Å². The van der Waals surface area contributed by atoms with Crippen molar-refractivity contribution in [3.8, 4) is 5.75 Å². The normalized spacial score (nSPS) is 10.9. The molecule has 0 amide bonds. The number of para-hydroxylation sites is 1. The predicted molar refractivity (Wildman–Crippen MR) is 80.1 cm³/mol. The molecule has 2 aromatic carbocycles. The van der Waals surface area contributed by atoms with Crippen molar-refractivity contribution in [2.24, 2.45) is 0 Å². The second kappa shape index (κ2) is 7.59. The van der Waals surface area contributed by atoms with Crippen LogP contribution in [0.15, 0.2) is 42.5 Å². The van der Waals surface area contributed by atoms with Crippen LogP contribution in [0.4, 0.5) is 8.78 Å². The average Bonchev–Trinajstić information content (AvgIpc) is 2.42. The summed E-state index contributed by atoms with van der Waals surface area (Å²) in [6.45, 7) is -1.95. The van der Waals surface area contributed by atoms with E-state index in [2.05, 4.69) is 10.1 Å². The number of rotatable bonds is 6. The summed E-state index contributed by atoms with van der Waals surface area (Å²) in [5.74, 6) is 0.169. The first-order chi connectivity index (χ1) is 10.1. The molecule has 0 unspecified atom stereocenters. The van der Waals surface area contributed by atoms with Crippen molar-refractivity contribution in [1.82, 2.24) is 5.32 Å². The van der Waals surface area contributed by atoms with Crippen LogP contribution in [0, 0.1) is 0 Å². The van der Waals surface area contributed by atoms with E-state index in [9.17, 15) is 8.78 Å². The summed E-state index contributed by atoms with van der Waals surface area (Å²) >= 11 is 11.9. The molecule has 0 aliphatic heterocycles. The maximum absolute atomic E-state index is 12.3. The minimum atomic E-state index is -2.84. The van der Waals surface area contributed by atoms with Crippen LogP contribution in [0.25, 0.3) is 0 Å². The van der Waals surface area contributed by atoms with E-state index in [0.29, 0.717) is 28.7 Å². The summed E-state index contributed by atoms with van der Waals surface area (Å²) in [7, 11) is 0. The lowest BCUT2D eigenvalue weighted by atomic mass is 10.2. The number of hydrogen-bond acceptors (Lipinski definition) is 2. The molecule has 2 nitrogen and oxygen atoms in total. The second-order valence-electron chi connectivity index (χ2n) is 4.33. The van der Waals surface area contributed by atoms with E-state index in [-0.39, 0.29) is 5.75 Å². The monoisotopic (exact) mass is 331 g/mol. The van der Waals surface area contributed by atoms with E-state index in [1.807, 2.05) is 6.07 Å². The van der Waals surface area contributed by atoms with Crippen LogP contribution in [0.3, 0.4) is 0 Å². The van der Waals surface area contributed by atoms with Gasteiger partial charge in [0.05, 0.1) is 0 Å². The molecule has 0 fully saturated rings. The van der Waals surface area contributed by atoms with Crippen molar-refractivity contribution >= 4 is 23.2 Å². The number of nitrogens with one attached hydrogen (secondary N) is 1. The maximum atomic E-state index is 12.3. The lowest BCUT2D eigenvalue weighted by Crippen LogP contribution is -2.14. The molecule has 6 heteroatoms. The molecule has 1 N–H and O–H groups in total. The molecule has 0 spiro atoms. The van der Waals surface area contributed by atoms with Crippen LogP contribution in [0.5, 0.6) is 5.75 Å². The van der Waals surface area contributed by atoms with Gasteiger partial charge in [0.25, 0.3) is 0 Å². The SMILES string of the molecule is FC(F)Oc1ccccc1CNCc1ccc(Cl)cc1Cl. The Labute approximate surface area is 131 Å². The third-order valence-electron chi connectivity index (χ3n) is 2.83. The minimum Gasteiger partial charge on any atom is -0.434 e. The highest BCUT2D eigenvalue weighted by atomic mass is 35.5. The Morgan fingerprint density at radius 2 is 1.71 bits per heavy atom. The molecule has 0 bridgehead atoms. The maximum Gasteiger partial charge on any atom is 0.387 e. The Balaban J connectivity index is 1.97. The number of hydrogen-bond donors (Lipinski definition) is 1. The fourth-order valence-electron chi connectivity index (χ4n) is 1.86. The largest absolute Gasteiger partial charge is 0.434 e. The molecular formula is C15H13Cl2F2NO.